The average molecular weight is 470 g/mol. The Morgan fingerprint density at radius 1 is 1.21 bits per heavy atom. The van der Waals surface area contributed by atoms with Crippen LogP contribution >= 0.6 is 0 Å². The molecule has 2 aromatic rings. The third-order valence-corrected chi connectivity index (χ3v) is 5.81. The van der Waals surface area contributed by atoms with E-state index in [1.807, 2.05) is 13.0 Å². The predicted octanol–water partition coefficient (Wildman–Crippen LogP) is 3.57. The molecule has 2 aromatic carbocycles. The summed E-state index contributed by atoms with van der Waals surface area (Å²) in [6, 6.07) is 9.93. The molecule has 0 aliphatic heterocycles. The van der Waals surface area contributed by atoms with Gasteiger partial charge in [-0.25, -0.2) is 4.39 Å². The van der Waals surface area contributed by atoms with Gasteiger partial charge in [-0.3, -0.25) is 9.79 Å². The highest BCUT2D eigenvalue weighted by molar-refractivity contribution is 6.25. The smallest absolute Gasteiger partial charge is 0.255 e. The van der Waals surface area contributed by atoms with Crippen LogP contribution in [0.2, 0.25) is 0 Å². The summed E-state index contributed by atoms with van der Waals surface area (Å²) < 4.78 is 25.0. The fourth-order valence-corrected chi connectivity index (χ4v) is 3.56. The molecule has 1 aliphatic rings. The van der Waals surface area contributed by atoms with Crippen molar-refractivity contribution in [3.8, 4) is 11.5 Å². The maximum absolute atomic E-state index is 14.0. The van der Waals surface area contributed by atoms with Gasteiger partial charge in [0.2, 0.25) is 0 Å². The molecule has 0 atom stereocenters. The van der Waals surface area contributed by atoms with Gasteiger partial charge in [-0.1, -0.05) is 12.1 Å². The third-order valence-electron chi connectivity index (χ3n) is 5.81. The Hall–Kier alpha value is -3.39. The van der Waals surface area contributed by atoms with Crippen LogP contribution in [0.4, 0.5) is 4.39 Å². The van der Waals surface area contributed by atoms with E-state index in [0.29, 0.717) is 40.7 Å². The summed E-state index contributed by atoms with van der Waals surface area (Å²) in [5.74, 6) is 0.319. The highest BCUT2D eigenvalue weighted by atomic mass is 19.1. The van der Waals surface area contributed by atoms with Crippen LogP contribution in [0.1, 0.15) is 41.3 Å². The second-order valence-corrected chi connectivity index (χ2v) is 8.20. The van der Waals surface area contributed by atoms with Crippen LogP contribution in [0.3, 0.4) is 0 Å². The van der Waals surface area contributed by atoms with Crippen LogP contribution in [-0.4, -0.2) is 51.1 Å². The van der Waals surface area contributed by atoms with Crippen molar-refractivity contribution in [3.05, 3.63) is 64.6 Å². The molecular formula is C26H32FN3O4. The van der Waals surface area contributed by atoms with E-state index in [4.69, 9.17) is 9.47 Å². The number of aliphatic hydroxyl groups is 1. The van der Waals surface area contributed by atoms with Gasteiger partial charge < -0.3 is 25.2 Å². The van der Waals surface area contributed by atoms with Gasteiger partial charge in [0.25, 0.3) is 5.91 Å². The molecule has 8 heteroatoms. The number of halogens is 1. The summed E-state index contributed by atoms with van der Waals surface area (Å²) in [6.45, 7) is 2.34. The van der Waals surface area contributed by atoms with E-state index < -0.39 is 5.82 Å². The minimum Gasteiger partial charge on any atom is -0.494 e. The lowest BCUT2D eigenvalue weighted by atomic mass is 9.96. The number of carbonyl (C=O) groups excluding carboxylic acids is 1. The molecule has 1 amide bonds. The Balaban J connectivity index is 1.91. The largest absolute Gasteiger partial charge is 0.494 e. The maximum atomic E-state index is 14.0. The Kier molecular flexibility index (Phi) is 8.65. The molecule has 0 saturated heterocycles. The molecule has 7 nitrogen and oxygen atoms in total. The molecule has 0 unspecified atom stereocenters. The monoisotopic (exact) mass is 469 g/mol. The highest BCUT2D eigenvalue weighted by Crippen LogP contribution is 2.32. The number of carbonyl (C=O) groups is 1. The lowest BCUT2D eigenvalue weighted by Gasteiger charge is -2.17. The molecular weight excluding hydrogens is 437 g/mol. The first-order valence-corrected chi connectivity index (χ1v) is 11.2. The number of hydrogen-bond donors (Lipinski definition) is 3. The van der Waals surface area contributed by atoms with E-state index in [1.54, 1.807) is 32.3 Å². The highest BCUT2D eigenvalue weighted by Gasteiger charge is 2.24. The summed E-state index contributed by atoms with van der Waals surface area (Å²) in [4.78, 5) is 17.4. The van der Waals surface area contributed by atoms with E-state index >= 15 is 0 Å². The van der Waals surface area contributed by atoms with Crippen LogP contribution in [0.15, 0.2) is 47.1 Å². The number of ether oxygens (including phenoxy) is 2. The lowest BCUT2D eigenvalue weighted by molar-refractivity contribution is 0.0946. The molecule has 0 heterocycles. The number of allylic oxidation sites excluding steroid dienone is 1. The summed E-state index contributed by atoms with van der Waals surface area (Å²) >= 11 is 0. The molecule has 0 radical (unpaired) electrons. The second-order valence-electron chi connectivity index (χ2n) is 8.20. The van der Waals surface area contributed by atoms with E-state index in [2.05, 4.69) is 15.6 Å². The van der Waals surface area contributed by atoms with E-state index in [9.17, 15) is 14.3 Å². The predicted molar refractivity (Wildman–Crippen MR) is 131 cm³/mol. The molecule has 3 N–H and O–H groups in total. The Labute approximate surface area is 199 Å². The second kappa shape index (κ2) is 11.7. The van der Waals surface area contributed by atoms with Crippen LogP contribution in [-0.2, 0) is 6.54 Å². The first-order valence-electron chi connectivity index (χ1n) is 11.2. The van der Waals surface area contributed by atoms with Gasteiger partial charge in [-0.05, 0) is 61.1 Å². The van der Waals surface area contributed by atoms with Crippen LogP contribution in [0.25, 0.3) is 5.57 Å². The molecule has 0 bridgehead atoms. The minimum absolute atomic E-state index is 0.141. The molecule has 0 aromatic heterocycles. The van der Waals surface area contributed by atoms with Crippen molar-refractivity contribution < 1.29 is 23.8 Å². The van der Waals surface area contributed by atoms with Crippen LogP contribution in [0, 0.1) is 11.7 Å². The number of benzene rings is 2. The Morgan fingerprint density at radius 2 is 1.94 bits per heavy atom. The Bertz CT molecular complexity index is 1090. The molecule has 34 heavy (non-hydrogen) atoms. The molecule has 1 fully saturated rings. The van der Waals surface area contributed by atoms with Gasteiger partial charge in [0.05, 0.1) is 31.6 Å². The Morgan fingerprint density at radius 3 is 2.53 bits per heavy atom. The SMILES string of the molecule is CN=C(CO)C(=C(C)NC)c1ccc(OCC2CC2)c(C(=O)NCc2ccc(OC)c(F)c2)c1. The van der Waals surface area contributed by atoms with Gasteiger partial charge in [0.1, 0.15) is 5.75 Å². The van der Waals surface area contributed by atoms with Crippen molar-refractivity contribution in [3.63, 3.8) is 0 Å². The first-order chi connectivity index (χ1) is 16.4. The molecule has 0 spiro atoms. The van der Waals surface area contributed by atoms with Gasteiger partial charge in [0.15, 0.2) is 11.6 Å². The van der Waals surface area contributed by atoms with E-state index in [0.717, 1.165) is 24.1 Å². The van der Waals surface area contributed by atoms with E-state index in [-0.39, 0.29) is 24.8 Å². The first kappa shape index (κ1) is 25.2. The van der Waals surface area contributed by atoms with Crippen molar-refractivity contribution in [2.75, 3.05) is 34.4 Å². The summed E-state index contributed by atoms with van der Waals surface area (Å²) in [7, 11) is 4.80. The number of nitrogens with one attached hydrogen (secondary N) is 2. The standard InChI is InChI=1S/C26H32FN3O4/c1-16(28-2)25(22(14-31)29-3)19-8-10-23(34-15-17-5-6-17)20(12-19)26(32)30-13-18-7-9-24(33-4)21(27)11-18/h7-12,17,28,31H,5-6,13-15H2,1-4H3,(H,30,32). The molecule has 182 valence electrons. The average Bonchev–Trinajstić information content (AvgIpc) is 3.68. The topological polar surface area (TPSA) is 92.2 Å². The van der Waals surface area contributed by atoms with Crippen LogP contribution < -0.4 is 20.1 Å². The van der Waals surface area contributed by atoms with Gasteiger partial charge in [-0.2, -0.15) is 0 Å². The number of rotatable bonds is 11. The number of hydrogen-bond acceptors (Lipinski definition) is 6. The van der Waals surface area contributed by atoms with Crippen molar-refractivity contribution in [1.29, 1.82) is 0 Å². The normalized spacial score (nSPS) is 14.4. The molecule has 3 rings (SSSR count). The number of amides is 1. The lowest BCUT2D eigenvalue weighted by Crippen LogP contribution is -2.24. The zero-order valence-corrected chi connectivity index (χ0v) is 20.1. The van der Waals surface area contributed by atoms with Crippen LogP contribution in [0.5, 0.6) is 11.5 Å². The zero-order valence-electron chi connectivity index (χ0n) is 20.1. The zero-order chi connectivity index (χ0) is 24.7. The maximum Gasteiger partial charge on any atom is 0.255 e. The van der Waals surface area contributed by atoms with Crippen molar-refractivity contribution in [2.24, 2.45) is 10.9 Å². The summed E-state index contributed by atoms with van der Waals surface area (Å²) in [6.07, 6.45) is 2.26. The molecule has 1 aliphatic carbocycles. The number of nitrogens with zero attached hydrogens (tertiary/aromatic N) is 1. The third kappa shape index (κ3) is 6.14. The number of aliphatic hydroxyl groups excluding tert-OH is 1. The van der Waals surface area contributed by atoms with Crippen molar-refractivity contribution in [2.45, 2.75) is 26.3 Å². The van der Waals surface area contributed by atoms with Gasteiger partial charge in [-0.15, -0.1) is 0 Å². The van der Waals surface area contributed by atoms with Gasteiger partial charge in [0, 0.05) is 31.9 Å². The summed E-state index contributed by atoms with van der Waals surface area (Å²) in [5, 5.41) is 15.8. The minimum atomic E-state index is -0.489. The van der Waals surface area contributed by atoms with E-state index in [1.165, 1.54) is 19.2 Å². The fraction of sp³-hybridized carbons (Fsp3) is 0.385. The quantitative estimate of drug-likeness (QED) is 0.438. The van der Waals surface area contributed by atoms with Crippen molar-refractivity contribution in [1.82, 2.24) is 10.6 Å². The van der Waals surface area contributed by atoms with Crippen molar-refractivity contribution >= 4 is 17.2 Å². The molecule has 1 saturated carbocycles. The number of methoxy groups -OCH3 is 1. The van der Waals surface area contributed by atoms with Gasteiger partial charge >= 0.3 is 0 Å². The fourth-order valence-electron chi connectivity index (χ4n) is 3.56. The number of aliphatic imine (C=N–C) groups is 1. The summed E-state index contributed by atoms with van der Waals surface area (Å²) in [5.41, 5.74) is 3.71.